The van der Waals surface area contributed by atoms with E-state index < -0.39 is 0 Å². The molecule has 16 heavy (non-hydrogen) atoms. The average Bonchev–Trinajstić information content (AvgIpc) is 2.92. The van der Waals surface area contributed by atoms with Gasteiger partial charge < -0.3 is 0 Å². The van der Waals surface area contributed by atoms with Crippen molar-refractivity contribution in [3.8, 4) is 0 Å². The third kappa shape index (κ3) is 1.99. The molecule has 0 amide bonds. The molecule has 0 unspecified atom stereocenters. The molecule has 1 spiro atoms. The molecule has 2 aliphatic rings. The van der Waals surface area contributed by atoms with Gasteiger partial charge in [0.15, 0.2) is 5.72 Å². The summed E-state index contributed by atoms with van der Waals surface area (Å²) in [6.07, 6.45) is 6.79. The van der Waals surface area contributed by atoms with E-state index in [4.69, 9.17) is 9.83 Å². The van der Waals surface area contributed by atoms with E-state index in [1.54, 1.807) is 11.3 Å². The molecule has 2 heterocycles. The summed E-state index contributed by atoms with van der Waals surface area (Å²) < 4.78 is 0. The molecular weight excluding hydrogens is 220 g/mol. The Morgan fingerprint density at radius 2 is 2.25 bits per heavy atom. The van der Waals surface area contributed by atoms with Crippen LogP contribution in [-0.2, 0) is 11.3 Å². The molecule has 1 aromatic rings. The Morgan fingerprint density at radius 1 is 1.38 bits per heavy atom. The SMILES string of the molecule is c1csc(CC2=NC3(CCCCC3)ON2)c1. The summed E-state index contributed by atoms with van der Waals surface area (Å²) >= 11 is 1.77. The van der Waals surface area contributed by atoms with E-state index in [1.165, 1.54) is 24.1 Å². The van der Waals surface area contributed by atoms with Gasteiger partial charge in [0.25, 0.3) is 0 Å². The Morgan fingerprint density at radius 3 is 3.00 bits per heavy atom. The van der Waals surface area contributed by atoms with E-state index in [9.17, 15) is 0 Å². The first-order valence-electron chi connectivity index (χ1n) is 5.91. The van der Waals surface area contributed by atoms with Gasteiger partial charge in [-0.15, -0.1) is 11.3 Å². The molecule has 0 saturated heterocycles. The molecule has 1 aliphatic heterocycles. The van der Waals surface area contributed by atoms with Crippen LogP contribution < -0.4 is 5.48 Å². The standard InChI is InChI=1S/C12H16N2OS/c1-2-6-12(7-3-1)13-11(14-15-12)9-10-5-4-8-16-10/h4-5,8H,1-3,6-7,9H2,(H,13,14). The van der Waals surface area contributed by atoms with Crippen molar-refractivity contribution in [1.82, 2.24) is 5.48 Å². The predicted octanol–water partition coefficient (Wildman–Crippen LogP) is 2.88. The summed E-state index contributed by atoms with van der Waals surface area (Å²) in [4.78, 5) is 11.8. The second kappa shape index (κ2) is 4.18. The molecule has 1 fully saturated rings. The van der Waals surface area contributed by atoms with Crippen LogP contribution in [0.1, 0.15) is 37.0 Å². The van der Waals surface area contributed by atoms with Gasteiger partial charge in [-0.3, -0.25) is 5.48 Å². The van der Waals surface area contributed by atoms with Crippen molar-refractivity contribution in [1.29, 1.82) is 0 Å². The quantitative estimate of drug-likeness (QED) is 0.856. The Bertz CT molecular complexity index is 380. The van der Waals surface area contributed by atoms with Crippen LogP contribution in [0.3, 0.4) is 0 Å². The van der Waals surface area contributed by atoms with Crippen LogP contribution in [0.15, 0.2) is 22.5 Å². The predicted molar refractivity (Wildman–Crippen MR) is 65.5 cm³/mol. The second-order valence-corrected chi connectivity index (χ2v) is 5.56. The number of hydroxylamine groups is 1. The molecule has 3 rings (SSSR count). The lowest BCUT2D eigenvalue weighted by atomic mass is 9.92. The van der Waals surface area contributed by atoms with Crippen molar-refractivity contribution in [3.63, 3.8) is 0 Å². The number of nitrogens with one attached hydrogen (secondary N) is 1. The number of amidine groups is 1. The summed E-state index contributed by atoms with van der Waals surface area (Å²) in [6, 6.07) is 4.22. The van der Waals surface area contributed by atoms with Crippen LogP contribution in [0.25, 0.3) is 0 Å². The zero-order valence-corrected chi connectivity index (χ0v) is 10.1. The summed E-state index contributed by atoms with van der Waals surface area (Å²) in [7, 11) is 0. The van der Waals surface area contributed by atoms with Gasteiger partial charge in [0.2, 0.25) is 0 Å². The van der Waals surface area contributed by atoms with E-state index >= 15 is 0 Å². The van der Waals surface area contributed by atoms with Crippen molar-refractivity contribution in [2.75, 3.05) is 0 Å². The lowest BCUT2D eigenvalue weighted by Crippen LogP contribution is -2.32. The highest BCUT2D eigenvalue weighted by molar-refractivity contribution is 7.10. The zero-order chi connectivity index (χ0) is 10.8. The lowest BCUT2D eigenvalue weighted by molar-refractivity contribution is -0.0765. The zero-order valence-electron chi connectivity index (χ0n) is 9.24. The van der Waals surface area contributed by atoms with Crippen LogP contribution >= 0.6 is 11.3 Å². The van der Waals surface area contributed by atoms with Crippen molar-refractivity contribution in [2.45, 2.75) is 44.2 Å². The monoisotopic (exact) mass is 236 g/mol. The van der Waals surface area contributed by atoms with E-state index in [2.05, 4.69) is 23.0 Å². The normalized spacial score (nSPS) is 23.1. The van der Waals surface area contributed by atoms with Crippen LogP contribution in [0.5, 0.6) is 0 Å². The van der Waals surface area contributed by atoms with Gasteiger partial charge in [-0.2, -0.15) is 0 Å². The smallest absolute Gasteiger partial charge is 0.187 e. The van der Waals surface area contributed by atoms with Crippen LogP contribution in [0.4, 0.5) is 0 Å². The molecule has 1 N–H and O–H groups in total. The maximum absolute atomic E-state index is 5.69. The third-order valence-corrected chi connectivity index (χ3v) is 4.13. The van der Waals surface area contributed by atoms with Gasteiger partial charge in [0, 0.05) is 11.3 Å². The minimum atomic E-state index is -0.231. The maximum atomic E-state index is 5.69. The minimum absolute atomic E-state index is 0.231. The first kappa shape index (κ1) is 10.3. The Hall–Kier alpha value is -0.870. The summed E-state index contributed by atoms with van der Waals surface area (Å²) in [5, 5.41) is 2.10. The number of hydrogen-bond donors (Lipinski definition) is 1. The first-order valence-corrected chi connectivity index (χ1v) is 6.79. The fourth-order valence-corrected chi connectivity index (χ4v) is 3.13. The topological polar surface area (TPSA) is 33.6 Å². The Balaban J connectivity index is 1.71. The number of aliphatic imine (C=N–C) groups is 1. The van der Waals surface area contributed by atoms with Gasteiger partial charge in [0.05, 0.1) is 0 Å². The van der Waals surface area contributed by atoms with E-state index in [0.717, 1.165) is 25.1 Å². The molecule has 1 aromatic heterocycles. The molecule has 0 aromatic carbocycles. The molecular formula is C12H16N2OS. The number of thiophene rings is 1. The molecule has 4 heteroatoms. The Kier molecular flexibility index (Phi) is 2.69. The van der Waals surface area contributed by atoms with E-state index in [1.807, 2.05) is 0 Å². The molecule has 0 radical (unpaired) electrons. The Labute approximate surface area is 99.5 Å². The maximum Gasteiger partial charge on any atom is 0.187 e. The summed E-state index contributed by atoms with van der Waals surface area (Å²) in [5.41, 5.74) is 2.78. The van der Waals surface area contributed by atoms with Crippen molar-refractivity contribution < 1.29 is 4.84 Å². The van der Waals surface area contributed by atoms with Crippen molar-refractivity contribution in [2.24, 2.45) is 4.99 Å². The largest absolute Gasteiger partial charge is 0.250 e. The van der Waals surface area contributed by atoms with Crippen LogP contribution in [0.2, 0.25) is 0 Å². The fourth-order valence-electron chi connectivity index (χ4n) is 2.42. The van der Waals surface area contributed by atoms with Crippen LogP contribution in [-0.4, -0.2) is 11.6 Å². The highest BCUT2D eigenvalue weighted by Gasteiger charge is 2.37. The molecule has 0 atom stereocenters. The summed E-state index contributed by atoms with van der Waals surface area (Å²) in [6.45, 7) is 0. The van der Waals surface area contributed by atoms with Gasteiger partial charge in [-0.25, -0.2) is 9.83 Å². The lowest BCUT2D eigenvalue weighted by Gasteiger charge is -2.27. The van der Waals surface area contributed by atoms with E-state index in [-0.39, 0.29) is 5.72 Å². The fraction of sp³-hybridized carbons (Fsp3) is 0.583. The molecule has 86 valence electrons. The van der Waals surface area contributed by atoms with Crippen molar-refractivity contribution >= 4 is 17.2 Å². The highest BCUT2D eigenvalue weighted by Crippen LogP contribution is 2.34. The van der Waals surface area contributed by atoms with Gasteiger partial charge in [0.1, 0.15) is 5.84 Å². The van der Waals surface area contributed by atoms with Crippen molar-refractivity contribution in [3.05, 3.63) is 22.4 Å². The van der Waals surface area contributed by atoms with Crippen LogP contribution in [0, 0.1) is 0 Å². The average molecular weight is 236 g/mol. The van der Waals surface area contributed by atoms with E-state index in [0.29, 0.717) is 0 Å². The minimum Gasteiger partial charge on any atom is -0.250 e. The first-order chi connectivity index (χ1) is 7.86. The molecule has 3 nitrogen and oxygen atoms in total. The molecule has 0 bridgehead atoms. The third-order valence-electron chi connectivity index (χ3n) is 3.25. The van der Waals surface area contributed by atoms with Gasteiger partial charge in [-0.1, -0.05) is 12.5 Å². The highest BCUT2D eigenvalue weighted by atomic mass is 32.1. The molecule has 1 aliphatic carbocycles. The summed E-state index contributed by atoms with van der Waals surface area (Å²) in [5.74, 6) is 0.990. The van der Waals surface area contributed by atoms with Gasteiger partial charge in [-0.05, 0) is 37.1 Å². The number of hydrogen-bond acceptors (Lipinski definition) is 4. The number of rotatable bonds is 2. The second-order valence-electron chi connectivity index (χ2n) is 4.53. The van der Waals surface area contributed by atoms with Gasteiger partial charge >= 0.3 is 0 Å². The number of nitrogens with zero attached hydrogens (tertiary/aromatic N) is 1. The molecule has 1 saturated carbocycles.